The number of benzene rings is 1. The summed E-state index contributed by atoms with van der Waals surface area (Å²) in [6, 6.07) is 8.06. The Hall–Kier alpha value is -0.420. The standard InChI is InChI=1S/C19H27ClN2O2.Na/c1-18(2,3)24-17(23)22-13-10-19(14-22)8-11-21(12-9-19)16-6-4-15(20)5-7-16;/h4-7H,8-14H2,1-3H3;. The van der Waals surface area contributed by atoms with Crippen molar-refractivity contribution >= 4 is 52.9 Å². The van der Waals surface area contributed by atoms with Gasteiger partial charge in [-0.05, 0) is 69.7 Å². The van der Waals surface area contributed by atoms with Gasteiger partial charge >= 0.3 is 6.09 Å². The number of halogens is 1. The normalized spacial score (nSPS) is 19.7. The summed E-state index contributed by atoms with van der Waals surface area (Å²) in [5, 5.41) is 0.774. The molecule has 1 radical (unpaired) electrons. The average Bonchev–Trinajstić information content (AvgIpc) is 2.92. The van der Waals surface area contributed by atoms with Crippen LogP contribution in [0.15, 0.2) is 24.3 Å². The minimum Gasteiger partial charge on any atom is -0.444 e. The van der Waals surface area contributed by atoms with Crippen LogP contribution in [0.1, 0.15) is 40.0 Å². The maximum atomic E-state index is 12.3. The monoisotopic (exact) mass is 373 g/mol. The Morgan fingerprint density at radius 1 is 1.08 bits per heavy atom. The molecule has 1 aromatic rings. The third kappa shape index (κ3) is 5.29. The summed E-state index contributed by atoms with van der Waals surface area (Å²) in [5.74, 6) is 0. The minimum absolute atomic E-state index is 0. The van der Waals surface area contributed by atoms with Crippen molar-refractivity contribution in [2.75, 3.05) is 31.1 Å². The van der Waals surface area contributed by atoms with Gasteiger partial charge in [0.05, 0.1) is 0 Å². The van der Waals surface area contributed by atoms with Crippen molar-refractivity contribution < 1.29 is 9.53 Å². The summed E-state index contributed by atoms with van der Waals surface area (Å²) in [6.45, 7) is 9.46. The number of rotatable bonds is 1. The molecule has 2 aliphatic rings. The second-order valence-corrected chi connectivity index (χ2v) is 8.55. The van der Waals surface area contributed by atoms with Crippen molar-refractivity contribution in [1.29, 1.82) is 0 Å². The number of hydrogen-bond acceptors (Lipinski definition) is 3. The Morgan fingerprint density at radius 3 is 2.20 bits per heavy atom. The maximum absolute atomic E-state index is 12.3. The maximum Gasteiger partial charge on any atom is 0.410 e. The molecule has 0 atom stereocenters. The summed E-state index contributed by atoms with van der Waals surface area (Å²) in [6.07, 6.45) is 3.16. The molecule has 0 aromatic heterocycles. The van der Waals surface area contributed by atoms with Gasteiger partial charge in [0.1, 0.15) is 5.60 Å². The third-order valence-corrected chi connectivity index (χ3v) is 5.36. The van der Waals surface area contributed by atoms with Crippen molar-refractivity contribution in [3.05, 3.63) is 29.3 Å². The van der Waals surface area contributed by atoms with Gasteiger partial charge < -0.3 is 14.5 Å². The number of hydrogen-bond donors (Lipinski definition) is 0. The van der Waals surface area contributed by atoms with Gasteiger partial charge in [0, 0.05) is 66.4 Å². The van der Waals surface area contributed by atoms with Gasteiger partial charge in [-0.1, -0.05) is 11.6 Å². The van der Waals surface area contributed by atoms with Gasteiger partial charge in [-0.2, -0.15) is 0 Å². The first-order valence-corrected chi connectivity index (χ1v) is 9.13. The first kappa shape index (κ1) is 20.9. The van der Waals surface area contributed by atoms with E-state index >= 15 is 0 Å². The fraction of sp³-hybridized carbons (Fsp3) is 0.632. The van der Waals surface area contributed by atoms with E-state index in [4.69, 9.17) is 16.3 Å². The zero-order valence-corrected chi connectivity index (χ0v) is 18.6. The Morgan fingerprint density at radius 2 is 1.64 bits per heavy atom. The molecular formula is C19H27ClN2NaO2. The molecule has 1 aromatic carbocycles. The molecule has 133 valence electrons. The van der Waals surface area contributed by atoms with E-state index in [2.05, 4.69) is 17.0 Å². The Labute approximate surface area is 178 Å². The molecule has 2 fully saturated rings. The smallest absolute Gasteiger partial charge is 0.410 e. The van der Waals surface area contributed by atoms with Crippen LogP contribution in [0.2, 0.25) is 5.02 Å². The molecule has 0 saturated carbocycles. The largest absolute Gasteiger partial charge is 0.444 e. The minimum atomic E-state index is -0.426. The molecular weight excluding hydrogens is 347 g/mol. The molecule has 4 nitrogen and oxygen atoms in total. The van der Waals surface area contributed by atoms with Gasteiger partial charge in [0.2, 0.25) is 0 Å². The molecule has 1 spiro atoms. The number of amides is 1. The third-order valence-electron chi connectivity index (χ3n) is 5.11. The fourth-order valence-electron chi connectivity index (χ4n) is 3.72. The number of ether oxygens (including phenoxy) is 1. The average molecular weight is 374 g/mol. The van der Waals surface area contributed by atoms with Gasteiger partial charge in [0.25, 0.3) is 0 Å². The Kier molecular flexibility index (Phi) is 6.75. The molecule has 2 heterocycles. The molecule has 2 saturated heterocycles. The summed E-state index contributed by atoms with van der Waals surface area (Å²) in [5.41, 5.74) is 1.07. The number of anilines is 1. The van der Waals surface area contributed by atoms with Crippen LogP contribution in [0.3, 0.4) is 0 Å². The van der Waals surface area contributed by atoms with E-state index in [0.29, 0.717) is 0 Å². The quantitative estimate of drug-likeness (QED) is 0.692. The van der Waals surface area contributed by atoms with Crippen LogP contribution in [0.4, 0.5) is 10.5 Å². The van der Waals surface area contributed by atoms with E-state index in [-0.39, 0.29) is 41.1 Å². The van der Waals surface area contributed by atoms with Crippen molar-refractivity contribution in [2.45, 2.75) is 45.6 Å². The Balaban J connectivity index is 0.00000225. The summed E-state index contributed by atoms with van der Waals surface area (Å²) in [7, 11) is 0. The zero-order chi connectivity index (χ0) is 17.4. The fourth-order valence-corrected chi connectivity index (χ4v) is 3.84. The molecule has 25 heavy (non-hydrogen) atoms. The van der Waals surface area contributed by atoms with Crippen molar-refractivity contribution in [2.24, 2.45) is 5.41 Å². The SMILES string of the molecule is CC(C)(C)OC(=O)N1CCC2(CCN(c3ccc(Cl)cc3)CC2)C1.[Na]. The number of carbonyl (C=O) groups excluding carboxylic acids is 1. The van der Waals surface area contributed by atoms with Crippen LogP contribution in [-0.2, 0) is 4.74 Å². The second-order valence-electron chi connectivity index (χ2n) is 8.12. The van der Waals surface area contributed by atoms with Crippen molar-refractivity contribution in [3.8, 4) is 0 Å². The predicted molar refractivity (Wildman–Crippen MR) is 104 cm³/mol. The van der Waals surface area contributed by atoms with Crippen molar-refractivity contribution in [3.63, 3.8) is 0 Å². The van der Waals surface area contributed by atoms with Crippen LogP contribution in [0.25, 0.3) is 0 Å². The number of carbonyl (C=O) groups is 1. The topological polar surface area (TPSA) is 32.8 Å². The molecule has 1 amide bonds. The predicted octanol–water partition coefficient (Wildman–Crippen LogP) is 4.19. The van der Waals surface area contributed by atoms with E-state index in [1.54, 1.807) is 0 Å². The van der Waals surface area contributed by atoms with Crippen LogP contribution in [0, 0.1) is 5.41 Å². The van der Waals surface area contributed by atoms with Gasteiger partial charge in [-0.25, -0.2) is 4.79 Å². The van der Waals surface area contributed by atoms with Gasteiger partial charge in [0.15, 0.2) is 0 Å². The summed E-state index contributed by atoms with van der Waals surface area (Å²) < 4.78 is 5.52. The van der Waals surface area contributed by atoms with Crippen LogP contribution < -0.4 is 4.90 Å². The zero-order valence-electron chi connectivity index (χ0n) is 15.8. The molecule has 0 unspecified atom stereocenters. The molecule has 2 aliphatic heterocycles. The first-order valence-electron chi connectivity index (χ1n) is 8.75. The number of nitrogens with zero attached hydrogens (tertiary/aromatic N) is 2. The van der Waals surface area contributed by atoms with E-state index in [9.17, 15) is 4.79 Å². The molecule has 0 bridgehead atoms. The summed E-state index contributed by atoms with van der Waals surface area (Å²) >= 11 is 5.97. The van der Waals surface area contributed by atoms with E-state index < -0.39 is 5.60 Å². The number of piperidine rings is 1. The molecule has 0 aliphatic carbocycles. The first-order chi connectivity index (χ1) is 11.3. The molecule has 3 rings (SSSR count). The summed E-state index contributed by atoms with van der Waals surface area (Å²) in [4.78, 5) is 16.6. The van der Waals surface area contributed by atoms with Crippen LogP contribution in [-0.4, -0.2) is 72.3 Å². The van der Waals surface area contributed by atoms with Gasteiger partial charge in [-0.15, -0.1) is 0 Å². The van der Waals surface area contributed by atoms with E-state index in [0.717, 1.165) is 50.5 Å². The van der Waals surface area contributed by atoms with Gasteiger partial charge in [-0.3, -0.25) is 0 Å². The Bertz CT molecular complexity index is 592. The molecule has 0 N–H and O–H groups in total. The van der Waals surface area contributed by atoms with Crippen LogP contribution >= 0.6 is 11.6 Å². The van der Waals surface area contributed by atoms with Crippen LogP contribution in [0.5, 0.6) is 0 Å². The second kappa shape index (κ2) is 8.08. The van der Waals surface area contributed by atoms with Crippen molar-refractivity contribution in [1.82, 2.24) is 4.90 Å². The van der Waals surface area contributed by atoms with E-state index in [1.165, 1.54) is 5.69 Å². The molecule has 6 heteroatoms. The van der Waals surface area contributed by atoms with E-state index in [1.807, 2.05) is 37.8 Å². The number of likely N-dealkylation sites (tertiary alicyclic amines) is 1.